The molecule has 2 rings (SSSR count). The van der Waals surface area contributed by atoms with Gasteiger partial charge in [0.15, 0.2) is 5.78 Å². The van der Waals surface area contributed by atoms with E-state index in [-0.39, 0.29) is 24.1 Å². The first kappa shape index (κ1) is 16.2. The standard InChI is InChI=1S/C14H22N2O2.ClH/c1-3-14(4-2)12(17)11(9-15-13(14)18)10-16-7-5-6-8-16;/h9H,3-8,10H2,1-2H3,(H,15,18);1H. The van der Waals surface area contributed by atoms with Crippen molar-refractivity contribution in [2.45, 2.75) is 39.5 Å². The van der Waals surface area contributed by atoms with Gasteiger partial charge >= 0.3 is 0 Å². The zero-order chi connectivity index (χ0) is 13.2. The molecule has 4 nitrogen and oxygen atoms in total. The summed E-state index contributed by atoms with van der Waals surface area (Å²) in [6, 6.07) is 0. The van der Waals surface area contributed by atoms with Gasteiger partial charge in [0.25, 0.3) is 0 Å². The van der Waals surface area contributed by atoms with Crippen LogP contribution in [0.5, 0.6) is 0 Å². The van der Waals surface area contributed by atoms with Crippen molar-refractivity contribution < 1.29 is 9.59 Å². The summed E-state index contributed by atoms with van der Waals surface area (Å²) in [5.74, 6) is -0.106. The van der Waals surface area contributed by atoms with Gasteiger partial charge in [-0.2, -0.15) is 0 Å². The number of amides is 1. The van der Waals surface area contributed by atoms with E-state index in [2.05, 4.69) is 10.2 Å². The minimum atomic E-state index is -0.830. The molecule has 0 spiro atoms. The first-order valence-corrected chi connectivity index (χ1v) is 6.91. The van der Waals surface area contributed by atoms with Gasteiger partial charge in [-0.15, -0.1) is 12.4 Å². The molecule has 0 unspecified atom stereocenters. The van der Waals surface area contributed by atoms with E-state index in [1.165, 1.54) is 12.8 Å². The maximum absolute atomic E-state index is 12.6. The van der Waals surface area contributed by atoms with Crippen LogP contribution in [0.3, 0.4) is 0 Å². The first-order valence-electron chi connectivity index (χ1n) is 6.91. The summed E-state index contributed by atoms with van der Waals surface area (Å²) in [5, 5.41) is 2.78. The number of carbonyl (C=O) groups is 2. The van der Waals surface area contributed by atoms with Crippen LogP contribution in [0.15, 0.2) is 11.8 Å². The number of nitrogens with zero attached hydrogens (tertiary/aromatic N) is 1. The molecule has 108 valence electrons. The molecule has 0 radical (unpaired) electrons. The molecular formula is C14H23ClN2O2. The molecule has 0 aromatic rings. The first-order chi connectivity index (χ1) is 8.64. The second-order valence-corrected chi connectivity index (χ2v) is 5.24. The van der Waals surface area contributed by atoms with Crippen molar-refractivity contribution in [1.82, 2.24) is 10.2 Å². The minimum Gasteiger partial charge on any atom is -0.331 e. The fraction of sp³-hybridized carbons (Fsp3) is 0.714. The zero-order valence-corrected chi connectivity index (χ0v) is 12.5. The van der Waals surface area contributed by atoms with Crippen molar-refractivity contribution in [3.8, 4) is 0 Å². The molecular weight excluding hydrogens is 264 g/mol. The number of halogens is 1. The van der Waals surface area contributed by atoms with Crippen LogP contribution in [0.1, 0.15) is 39.5 Å². The molecule has 0 aliphatic carbocycles. The van der Waals surface area contributed by atoms with E-state index >= 15 is 0 Å². The highest BCUT2D eigenvalue weighted by molar-refractivity contribution is 6.16. The van der Waals surface area contributed by atoms with E-state index < -0.39 is 5.41 Å². The molecule has 0 atom stereocenters. The van der Waals surface area contributed by atoms with E-state index in [0.29, 0.717) is 19.4 Å². The number of nitrogens with one attached hydrogen (secondary N) is 1. The number of Topliss-reactive ketones (excluding diaryl/α,β-unsaturated/α-hetero) is 1. The molecule has 0 aromatic carbocycles. The number of rotatable bonds is 4. The van der Waals surface area contributed by atoms with Crippen LogP contribution in [0.2, 0.25) is 0 Å². The largest absolute Gasteiger partial charge is 0.331 e. The highest BCUT2D eigenvalue weighted by Gasteiger charge is 2.45. The number of carbonyl (C=O) groups excluding carboxylic acids is 2. The van der Waals surface area contributed by atoms with Crippen LogP contribution in [0.4, 0.5) is 0 Å². The lowest BCUT2D eigenvalue weighted by Gasteiger charge is -2.33. The van der Waals surface area contributed by atoms with Gasteiger partial charge in [-0.1, -0.05) is 13.8 Å². The average molecular weight is 287 g/mol. The lowest BCUT2D eigenvalue weighted by atomic mass is 9.73. The molecule has 5 heteroatoms. The lowest BCUT2D eigenvalue weighted by Crippen LogP contribution is -2.50. The van der Waals surface area contributed by atoms with Crippen molar-refractivity contribution in [2.75, 3.05) is 19.6 Å². The number of likely N-dealkylation sites (tertiary alicyclic amines) is 1. The fourth-order valence-corrected chi connectivity index (χ4v) is 2.96. The topological polar surface area (TPSA) is 49.4 Å². The van der Waals surface area contributed by atoms with Crippen molar-refractivity contribution in [2.24, 2.45) is 5.41 Å². The smallest absolute Gasteiger partial charge is 0.237 e. The second kappa shape index (κ2) is 6.53. The van der Waals surface area contributed by atoms with Crippen molar-refractivity contribution >= 4 is 24.1 Å². The second-order valence-electron chi connectivity index (χ2n) is 5.24. The summed E-state index contributed by atoms with van der Waals surface area (Å²) in [6.45, 7) is 6.63. The van der Waals surface area contributed by atoms with Crippen LogP contribution in [-0.4, -0.2) is 36.2 Å². The summed E-state index contributed by atoms with van der Waals surface area (Å²) >= 11 is 0. The Bertz CT molecular complexity index is 383. The van der Waals surface area contributed by atoms with Gasteiger partial charge < -0.3 is 5.32 Å². The van der Waals surface area contributed by atoms with Crippen molar-refractivity contribution in [3.63, 3.8) is 0 Å². The van der Waals surface area contributed by atoms with E-state index in [0.717, 1.165) is 18.7 Å². The molecule has 19 heavy (non-hydrogen) atoms. The summed E-state index contributed by atoms with van der Waals surface area (Å²) in [6.07, 6.45) is 5.19. The Morgan fingerprint density at radius 1 is 1.21 bits per heavy atom. The highest BCUT2D eigenvalue weighted by Crippen LogP contribution is 2.33. The van der Waals surface area contributed by atoms with Gasteiger partial charge in [0.05, 0.1) is 0 Å². The van der Waals surface area contributed by atoms with E-state index in [9.17, 15) is 9.59 Å². The Morgan fingerprint density at radius 2 is 1.79 bits per heavy atom. The van der Waals surface area contributed by atoms with E-state index in [1.54, 1.807) is 6.20 Å². The number of hydrogen-bond donors (Lipinski definition) is 1. The monoisotopic (exact) mass is 286 g/mol. The third kappa shape index (κ3) is 2.84. The molecule has 1 fully saturated rings. The molecule has 1 amide bonds. The molecule has 2 heterocycles. The Labute approximate surface area is 121 Å². The number of ketones is 1. The average Bonchev–Trinajstić information content (AvgIpc) is 2.88. The van der Waals surface area contributed by atoms with Gasteiger partial charge in [-0.25, -0.2) is 0 Å². The molecule has 0 bridgehead atoms. The summed E-state index contributed by atoms with van der Waals surface area (Å²) in [5.41, 5.74) is -0.0655. The summed E-state index contributed by atoms with van der Waals surface area (Å²) < 4.78 is 0. The molecule has 1 N–H and O–H groups in total. The summed E-state index contributed by atoms with van der Waals surface area (Å²) in [4.78, 5) is 26.8. The molecule has 1 saturated heterocycles. The Balaban J connectivity index is 0.00000180. The summed E-state index contributed by atoms with van der Waals surface area (Å²) in [7, 11) is 0. The third-order valence-electron chi connectivity index (χ3n) is 4.34. The predicted molar refractivity (Wildman–Crippen MR) is 77.2 cm³/mol. The van der Waals surface area contributed by atoms with Gasteiger partial charge in [-0.3, -0.25) is 14.5 Å². The van der Waals surface area contributed by atoms with Gasteiger partial charge in [0.1, 0.15) is 5.41 Å². The Morgan fingerprint density at radius 3 is 2.32 bits per heavy atom. The normalized spacial score (nSPS) is 22.7. The predicted octanol–water partition coefficient (Wildman–Crippen LogP) is 1.89. The Kier molecular flexibility index (Phi) is 5.56. The van der Waals surface area contributed by atoms with Gasteiger partial charge in [0, 0.05) is 18.3 Å². The maximum Gasteiger partial charge on any atom is 0.237 e. The molecule has 2 aliphatic heterocycles. The quantitative estimate of drug-likeness (QED) is 0.803. The zero-order valence-electron chi connectivity index (χ0n) is 11.7. The molecule has 2 aliphatic rings. The van der Waals surface area contributed by atoms with Crippen LogP contribution < -0.4 is 5.32 Å². The minimum absolute atomic E-state index is 0. The van der Waals surface area contributed by atoms with Crippen LogP contribution in [0.25, 0.3) is 0 Å². The number of hydrogen-bond acceptors (Lipinski definition) is 3. The fourth-order valence-electron chi connectivity index (χ4n) is 2.96. The molecule has 0 aromatic heterocycles. The van der Waals surface area contributed by atoms with Crippen LogP contribution in [-0.2, 0) is 9.59 Å². The maximum atomic E-state index is 12.6. The third-order valence-corrected chi connectivity index (χ3v) is 4.34. The Hall–Kier alpha value is -0.870. The van der Waals surface area contributed by atoms with E-state index in [4.69, 9.17) is 0 Å². The van der Waals surface area contributed by atoms with Crippen LogP contribution in [0, 0.1) is 5.41 Å². The SMILES string of the molecule is CCC1(CC)C(=O)NC=C(CN2CCCC2)C1=O.Cl. The van der Waals surface area contributed by atoms with Crippen molar-refractivity contribution in [1.29, 1.82) is 0 Å². The van der Waals surface area contributed by atoms with Gasteiger partial charge in [-0.05, 0) is 38.8 Å². The van der Waals surface area contributed by atoms with E-state index in [1.807, 2.05) is 13.8 Å². The van der Waals surface area contributed by atoms with Crippen LogP contribution >= 0.6 is 12.4 Å². The lowest BCUT2D eigenvalue weighted by molar-refractivity contribution is -0.141. The highest BCUT2D eigenvalue weighted by atomic mass is 35.5. The van der Waals surface area contributed by atoms with Gasteiger partial charge in [0.2, 0.25) is 5.91 Å². The molecule has 0 saturated carbocycles. The van der Waals surface area contributed by atoms with Crippen molar-refractivity contribution in [3.05, 3.63) is 11.8 Å².